The van der Waals surface area contributed by atoms with E-state index in [0.29, 0.717) is 31.7 Å². The molecule has 1 saturated heterocycles. The zero-order valence-electron chi connectivity index (χ0n) is 22.1. The molecule has 204 valence electrons. The fourth-order valence-corrected chi connectivity index (χ4v) is 4.63. The molecular formula is C31H29F2N5O2. The van der Waals surface area contributed by atoms with Gasteiger partial charge in [0.2, 0.25) is 5.91 Å². The number of hydrogen-bond acceptors (Lipinski definition) is 5. The Morgan fingerprint density at radius 1 is 0.825 bits per heavy atom. The van der Waals surface area contributed by atoms with Crippen LogP contribution in [0.15, 0.2) is 84.9 Å². The number of aromatic nitrogens is 2. The van der Waals surface area contributed by atoms with Crippen molar-refractivity contribution in [2.45, 2.75) is 13.5 Å². The summed E-state index contributed by atoms with van der Waals surface area (Å²) in [6, 6.07) is 23.1. The fraction of sp³-hybridized carbons (Fsp3) is 0.226. The number of piperazine rings is 1. The van der Waals surface area contributed by atoms with Crippen molar-refractivity contribution in [2.75, 3.05) is 37.6 Å². The number of carbonyl (C=O) groups is 2. The third-order valence-electron chi connectivity index (χ3n) is 6.93. The van der Waals surface area contributed by atoms with Crippen LogP contribution in [-0.2, 0) is 11.3 Å². The van der Waals surface area contributed by atoms with Crippen LogP contribution in [0.2, 0.25) is 0 Å². The van der Waals surface area contributed by atoms with Gasteiger partial charge in [-0.25, -0.2) is 8.78 Å². The zero-order chi connectivity index (χ0) is 28.1. The van der Waals surface area contributed by atoms with E-state index in [0.717, 1.165) is 23.1 Å². The second-order valence-corrected chi connectivity index (χ2v) is 9.81. The Bertz CT molecular complexity index is 1470. The van der Waals surface area contributed by atoms with E-state index in [1.807, 2.05) is 43.3 Å². The molecule has 3 aromatic carbocycles. The number of anilines is 1. The van der Waals surface area contributed by atoms with Crippen LogP contribution in [0.25, 0.3) is 11.3 Å². The van der Waals surface area contributed by atoms with Crippen LogP contribution in [0, 0.1) is 18.6 Å². The van der Waals surface area contributed by atoms with E-state index in [4.69, 9.17) is 0 Å². The lowest BCUT2D eigenvalue weighted by molar-refractivity contribution is -0.132. The van der Waals surface area contributed by atoms with E-state index in [-0.39, 0.29) is 24.6 Å². The van der Waals surface area contributed by atoms with Crippen LogP contribution in [0.4, 0.5) is 14.6 Å². The lowest BCUT2D eigenvalue weighted by Crippen LogP contribution is -2.52. The number of halogens is 2. The minimum atomic E-state index is -0.537. The first-order valence-electron chi connectivity index (χ1n) is 13.1. The summed E-state index contributed by atoms with van der Waals surface area (Å²) < 4.78 is 27.2. The van der Waals surface area contributed by atoms with Gasteiger partial charge in [-0.1, -0.05) is 48.0 Å². The predicted molar refractivity (Wildman–Crippen MR) is 149 cm³/mol. The molecule has 1 aromatic heterocycles. The third kappa shape index (κ3) is 6.48. The zero-order valence-corrected chi connectivity index (χ0v) is 22.1. The van der Waals surface area contributed by atoms with E-state index >= 15 is 0 Å². The Morgan fingerprint density at radius 3 is 2.20 bits per heavy atom. The minimum absolute atomic E-state index is 0.0876. The van der Waals surface area contributed by atoms with E-state index in [9.17, 15) is 18.4 Å². The van der Waals surface area contributed by atoms with Gasteiger partial charge in [-0.05, 0) is 55.0 Å². The summed E-state index contributed by atoms with van der Waals surface area (Å²) in [5, 5.41) is 8.78. The molecule has 7 nitrogen and oxygen atoms in total. The SMILES string of the molecule is Cc1ccc(-c2ccc(N3CCN(C(=O)CN(Cc4ccc(F)cc4)C(=O)c4cccc(F)c4)CC3)nn2)cc1. The molecule has 5 rings (SSSR count). The predicted octanol–water partition coefficient (Wildman–Crippen LogP) is 4.72. The molecule has 1 fully saturated rings. The van der Waals surface area contributed by atoms with E-state index in [1.54, 1.807) is 17.0 Å². The maximum Gasteiger partial charge on any atom is 0.254 e. The van der Waals surface area contributed by atoms with Crippen LogP contribution in [0.5, 0.6) is 0 Å². The first-order chi connectivity index (χ1) is 19.4. The molecule has 0 spiro atoms. The highest BCUT2D eigenvalue weighted by atomic mass is 19.1. The summed E-state index contributed by atoms with van der Waals surface area (Å²) in [6.45, 7) is 3.99. The molecule has 1 aliphatic rings. The summed E-state index contributed by atoms with van der Waals surface area (Å²) in [7, 11) is 0. The molecule has 1 aliphatic heterocycles. The molecule has 40 heavy (non-hydrogen) atoms. The highest BCUT2D eigenvalue weighted by Crippen LogP contribution is 2.20. The molecule has 2 amide bonds. The quantitative estimate of drug-likeness (QED) is 0.339. The van der Waals surface area contributed by atoms with Gasteiger partial charge in [0.15, 0.2) is 5.82 Å². The fourth-order valence-electron chi connectivity index (χ4n) is 4.63. The normalized spacial score (nSPS) is 13.3. The summed E-state index contributed by atoms with van der Waals surface area (Å²) in [5.41, 5.74) is 3.78. The summed E-state index contributed by atoms with van der Waals surface area (Å²) in [6.07, 6.45) is 0. The molecule has 9 heteroatoms. The highest BCUT2D eigenvalue weighted by molar-refractivity contribution is 5.96. The average molecular weight is 542 g/mol. The van der Waals surface area contributed by atoms with Crippen molar-refractivity contribution in [2.24, 2.45) is 0 Å². The number of nitrogens with zero attached hydrogens (tertiary/aromatic N) is 5. The molecule has 0 bridgehead atoms. The first-order valence-corrected chi connectivity index (χ1v) is 13.1. The van der Waals surface area contributed by atoms with Crippen LogP contribution in [-0.4, -0.2) is 64.5 Å². The highest BCUT2D eigenvalue weighted by Gasteiger charge is 2.26. The van der Waals surface area contributed by atoms with E-state index < -0.39 is 17.5 Å². The van der Waals surface area contributed by atoms with Crippen LogP contribution < -0.4 is 4.90 Å². The van der Waals surface area contributed by atoms with Gasteiger partial charge in [0.25, 0.3) is 5.91 Å². The van der Waals surface area contributed by atoms with Gasteiger partial charge >= 0.3 is 0 Å². The molecule has 2 heterocycles. The number of amides is 2. The van der Waals surface area contributed by atoms with Crippen molar-refractivity contribution >= 4 is 17.6 Å². The lowest BCUT2D eigenvalue weighted by atomic mass is 10.1. The van der Waals surface area contributed by atoms with Crippen LogP contribution in [0.1, 0.15) is 21.5 Å². The third-order valence-corrected chi connectivity index (χ3v) is 6.93. The van der Waals surface area contributed by atoms with Gasteiger partial charge in [0, 0.05) is 43.9 Å². The second kappa shape index (κ2) is 12.0. The largest absolute Gasteiger partial charge is 0.352 e. The minimum Gasteiger partial charge on any atom is -0.352 e. The first kappa shape index (κ1) is 26.9. The Labute approximate surface area is 231 Å². The maximum absolute atomic E-state index is 13.8. The topological polar surface area (TPSA) is 69.6 Å². The Kier molecular flexibility index (Phi) is 8.10. The smallest absolute Gasteiger partial charge is 0.254 e. The molecule has 4 aromatic rings. The van der Waals surface area contributed by atoms with Crippen molar-refractivity contribution in [3.05, 3.63) is 113 Å². The van der Waals surface area contributed by atoms with Gasteiger partial charge in [0.1, 0.15) is 18.2 Å². The molecule has 0 radical (unpaired) electrons. The summed E-state index contributed by atoms with van der Waals surface area (Å²) >= 11 is 0. The second-order valence-electron chi connectivity index (χ2n) is 9.81. The van der Waals surface area contributed by atoms with Crippen LogP contribution in [0.3, 0.4) is 0 Å². The number of rotatable bonds is 7. The number of aryl methyl sites for hydroxylation is 1. The monoisotopic (exact) mass is 541 g/mol. The Hall–Kier alpha value is -4.66. The molecule has 0 saturated carbocycles. The van der Waals surface area contributed by atoms with Gasteiger partial charge in [-0.15, -0.1) is 10.2 Å². The molecule has 0 atom stereocenters. The van der Waals surface area contributed by atoms with Gasteiger partial charge in [-0.2, -0.15) is 0 Å². The van der Waals surface area contributed by atoms with Crippen molar-refractivity contribution in [1.82, 2.24) is 20.0 Å². The molecule has 0 aliphatic carbocycles. The van der Waals surface area contributed by atoms with Crippen molar-refractivity contribution in [1.29, 1.82) is 0 Å². The van der Waals surface area contributed by atoms with Gasteiger partial charge in [-0.3, -0.25) is 9.59 Å². The van der Waals surface area contributed by atoms with E-state index in [1.165, 1.54) is 40.8 Å². The Balaban J connectivity index is 1.23. The Morgan fingerprint density at radius 2 is 1.55 bits per heavy atom. The van der Waals surface area contributed by atoms with Crippen LogP contribution >= 0.6 is 0 Å². The number of carbonyl (C=O) groups excluding carboxylic acids is 2. The molecular weight excluding hydrogens is 512 g/mol. The average Bonchev–Trinajstić information content (AvgIpc) is 2.98. The number of benzene rings is 3. The van der Waals surface area contributed by atoms with Gasteiger partial charge < -0.3 is 14.7 Å². The summed E-state index contributed by atoms with van der Waals surface area (Å²) in [5.74, 6) is -0.880. The van der Waals surface area contributed by atoms with Crippen molar-refractivity contribution < 1.29 is 18.4 Å². The van der Waals surface area contributed by atoms with Crippen molar-refractivity contribution in [3.8, 4) is 11.3 Å². The lowest BCUT2D eigenvalue weighted by Gasteiger charge is -2.36. The number of hydrogen-bond donors (Lipinski definition) is 0. The maximum atomic E-state index is 13.8. The van der Waals surface area contributed by atoms with Crippen molar-refractivity contribution in [3.63, 3.8) is 0 Å². The van der Waals surface area contributed by atoms with Gasteiger partial charge in [0.05, 0.1) is 5.69 Å². The summed E-state index contributed by atoms with van der Waals surface area (Å²) in [4.78, 5) is 31.7. The standard InChI is InChI=1S/C31H29F2N5O2/c1-22-5-9-24(10-6-22)28-13-14-29(35-34-28)36-15-17-37(18-16-36)30(39)21-38(20-23-7-11-26(32)12-8-23)31(40)25-3-2-4-27(33)19-25/h2-14,19H,15-18,20-21H2,1H3. The molecule has 0 N–H and O–H groups in total. The van der Waals surface area contributed by atoms with E-state index in [2.05, 4.69) is 15.1 Å². The molecule has 0 unspecified atom stereocenters.